The van der Waals surface area contributed by atoms with Gasteiger partial charge in [-0.2, -0.15) is 0 Å². The van der Waals surface area contributed by atoms with Gasteiger partial charge in [0.2, 0.25) is 0 Å². The summed E-state index contributed by atoms with van der Waals surface area (Å²) in [5.41, 5.74) is 0. The Hall–Kier alpha value is -0.861. The minimum Gasteiger partial charge on any atom is -0.393 e. The Morgan fingerprint density at radius 3 is 0.955 bits per heavy atom. The molecule has 0 saturated heterocycles. The van der Waals surface area contributed by atoms with Gasteiger partial charge < -0.3 is 10.2 Å². The Labute approximate surface area is 423 Å². The van der Waals surface area contributed by atoms with Crippen LogP contribution in [0.1, 0.15) is 323 Å². The summed E-state index contributed by atoms with van der Waals surface area (Å²) in [6, 6.07) is 0. The molecular formula is C60H116O6Sn. The van der Waals surface area contributed by atoms with Crippen molar-refractivity contribution < 1.29 is 26.0 Å². The van der Waals surface area contributed by atoms with Crippen LogP contribution in [0.4, 0.5) is 0 Å². The first-order chi connectivity index (χ1) is 32.8. The Balaban J connectivity index is 5.21. The topological polar surface area (TPSA) is 93.1 Å². The Morgan fingerprint density at radius 1 is 0.358 bits per heavy atom. The molecule has 0 aliphatic rings. The monoisotopic (exact) mass is 1050 g/mol. The molecule has 2 N–H and O–H groups in total. The number of unbranched alkanes of at least 4 members (excludes halogenated alkanes) is 34. The van der Waals surface area contributed by atoms with E-state index < -0.39 is 19.2 Å². The van der Waals surface area contributed by atoms with Crippen molar-refractivity contribution in [2.75, 3.05) is 0 Å². The van der Waals surface area contributed by atoms with Crippen LogP contribution in [0.15, 0.2) is 24.3 Å². The molecule has 0 rings (SSSR count). The van der Waals surface area contributed by atoms with Crippen LogP contribution in [0.5, 0.6) is 0 Å². The van der Waals surface area contributed by atoms with Crippen molar-refractivity contribution in [1.82, 2.24) is 0 Å². The molecule has 6 nitrogen and oxygen atoms in total. The molecule has 0 saturated carbocycles. The van der Waals surface area contributed by atoms with E-state index in [-0.39, 0.29) is 24.1 Å². The van der Waals surface area contributed by atoms with Crippen molar-refractivity contribution in [1.29, 1.82) is 0 Å². The van der Waals surface area contributed by atoms with E-state index in [2.05, 4.69) is 52.0 Å². The summed E-state index contributed by atoms with van der Waals surface area (Å²) in [5, 5.41) is 20.5. The van der Waals surface area contributed by atoms with Gasteiger partial charge in [-0.05, 0) is 12.8 Å². The summed E-state index contributed by atoms with van der Waals surface area (Å²) in [6.07, 6.45) is 60.0. The molecule has 0 amide bonds. The molecule has 0 unspecified atom stereocenters. The summed E-state index contributed by atoms with van der Waals surface area (Å²) in [5.74, 6) is -0.232. The van der Waals surface area contributed by atoms with Gasteiger partial charge in [0, 0.05) is 0 Å². The van der Waals surface area contributed by atoms with Crippen molar-refractivity contribution in [3.8, 4) is 0 Å². The number of allylic oxidation sites excluding steroid dienone is 2. The number of hydrogen-bond donors (Lipinski definition) is 2. The Bertz CT molecular complexity index is 1010. The minimum atomic E-state index is -4.07. The SMILES string of the molecule is CCCCCCCCCCC[CH2][Sn]([CH2]CCCCCCCCCCC)([O]C(=O)CCCCCCC/C=C/C[C@@H](O)CCCCCC)[O]C(=O)CCCCCCC/C=C/C[C@H](O)CCCCCC. The Morgan fingerprint density at radius 2 is 0.627 bits per heavy atom. The van der Waals surface area contributed by atoms with E-state index in [1.165, 1.54) is 141 Å². The van der Waals surface area contributed by atoms with Gasteiger partial charge in [0.25, 0.3) is 0 Å². The van der Waals surface area contributed by atoms with Crippen molar-refractivity contribution in [3.05, 3.63) is 24.3 Å². The number of aliphatic hydroxyl groups excluding tert-OH is 2. The molecular weight excluding hydrogens is 935 g/mol. The van der Waals surface area contributed by atoms with Crippen LogP contribution in [0.25, 0.3) is 0 Å². The molecule has 0 heterocycles. The first-order valence-corrected chi connectivity index (χ1v) is 36.3. The van der Waals surface area contributed by atoms with E-state index in [4.69, 9.17) is 6.15 Å². The van der Waals surface area contributed by atoms with Crippen LogP contribution in [-0.2, 0) is 15.7 Å². The van der Waals surface area contributed by atoms with E-state index in [1.807, 2.05) is 0 Å². The summed E-state index contributed by atoms with van der Waals surface area (Å²) >= 11 is -4.07. The molecule has 0 aliphatic carbocycles. The predicted octanol–water partition coefficient (Wildman–Crippen LogP) is 19.4. The predicted molar refractivity (Wildman–Crippen MR) is 293 cm³/mol. The van der Waals surface area contributed by atoms with Crippen molar-refractivity contribution in [2.45, 2.75) is 344 Å². The first kappa shape index (κ1) is 66.1. The van der Waals surface area contributed by atoms with Crippen molar-refractivity contribution in [2.24, 2.45) is 0 Å². The quantitative estimate of drug-likeness (QED) is 0.0358. The van der Waals surface area contributed by atoms with Crippen molar-refractivity contribution in [3.63, 3.8) is 0 Å². The van der Waals surface area contributed by atoms with Gasteiger partial charge in [0.1, 0.15) is 0 Å². The molecule has 0 aromatic heterocycles. The average Bonchev–Trinajstić information content (AvgIpc) is 3.31. The second-order valence-corrected chi connectivity index (χ2v) is 30.0. The van der Waals surface area contributed by atoms with Gasteiger partial charge in [-0.25, -0.2) is 0 Å². The maximum absolute atomic E-state index is 13.7. The number of rotatable bonds is 54. The van der Waals surface area contributed by atoms with Gasteiger partial charge in [-0.1, -0.05) is 65.2 Å². The normalized spacial score (nSPS) is 13.0. The zero-order valence-electron chi connectivity index (χ0n) is 45.4. The molecule has 0 bridgehead atoms. The fraction of sp³-hybridized carbons (Fsp3) is 0.900. The van der Waals surface area contributed by atoms with E-state index in [0.717, 1.165) is 150 Å². The molecule has 2 atom stereocenters. The van der Waals surface area contributed by atoms with E-state index in [1.54, 1.807) is 0 Å². The van der Waals surface area contributed by atoms with Crippen molar-refractivity contribution >= 4 is 31.1 Å². The smallest absolute Gasteiger partial charge is 0.393 e. The number of aliphatic hydroxyl groups is 2. The van der Waals surface area contributed by atoms with Gasteiger partial charge in [0.15, 0.2) is 0 Å². The third-order valence-corrected chi connectivity index (χ3v) is 23.6. The molecule has 396 valence electrons. The second-order valence-electron chi connectivity index (χ2n) is 20.8. The van der Waals surface area contributed by atoms with E-state index >= 15 is 0 Å². The van der Waals surface area contributed by atoms with Crippen LogP contribution in [0.3, 0.4) is 0 Å². The number of hydrogen-bond acceptors (Lipinski definition) is 6. The van der Waals surface area contributed by atoms with Crippen LogP contribution in [0, 0.1) is 0 Å². The summed E-state index contributed by atoms with van der Waals surface area (Å²) in [7, 11) is 0. The standard InChI is InChI=1S/2C18H34O3.2C12H25.Sn/c2*1-2-3-4-11-14-17(19)15-12-9-7-5-6-8-10-13-16-18(20)21;2*1-3-5-7-9-11-12-10-8-6-4-2;/h2*9,12,17,19H,2-8,10-11,13-16H2,1H3,(H,20,21);2*1,3-12H2,2H3;/q;;;;+2/p-2/b2*12-9+;;;/t2*17-;;;/m10.../s1. The molecule has 0 aliphatic heterocycles. The summed E-state index contributed by atoms with van der Waals surface area (Å²) in [6.45, 7) is 8.99. The van der Waals surface area contributed by atoms with E-state index in [0.29, 0.717) is 12.8 Å². The Kier molecular flexibility index (Phi) is 52.3. The number of carbonyl (C=O) groups is 2. The average molecular weight is 1050 g/mol. The maximum atomic E-state index is 13.7. The molecule has 67 heavy (non-hydrogen) atoms. The van der Waals surface area contributed by atoms with E-state index in [9.17, 15) is 19.8 Å². The molecule has 0 aromatic carbocycles. The molecule has 0 radical (unpaired) electrons. The fourth-order valence-corrected chi connectivity index (χ4v) is 18.8. The van der Waals surface area contributed by atoms with Gasteiger partial charge >= 0.3 is 325 Å². The number of carbonyl (C=O) groups excluding carboxylic acids is 2. The second kappa shape index (κ2) is 53.0. The molecule has 0 spiro atoms. The molecule has 0 fully saturated rings. The van der Waals surface area contributed by atoms with Crippen LogP contribution >= 0.6 is 0 Å². The van der Waals surface area contributed by atoms with Gasteiger partial charge in [-0.3, -0.25) is 0 Å². The first-order valence-electron chi connectivity index (χ1n) is 29.9. The van der Waals surface area contributed by atoms with Crippen LogP contribution < -0.4 is 0 Å². The van der Waals surface area contributed by atoms with Gasteiger partial charge in [0.05, 0.1) is 12.2 Å². The van der Waals surface area contributed by atoms with Gasteiger partial charge in [-0.15, -0.1) is 0 Å². The minimum absolute atomic E-state index is 0.116. The van der Waals surface area contributed by atoms with Crippen LogP contribution in [0.2, 0.25) is 8.87 Å². The fourth-order valence-electron chi connectivity index (χ4n) is 9.35. The third kappa shape index (κ3) is 48.5. The zero-order chi connectivity index (χ0) is 49.0. The zero-order valence-corrected chi connectivity index (χ0v) is 48.3. The summed E-state index contributed by atoms with van der Waals surface area (Å²) < 4.78 is 14.9. The van der Waals surface area contributed by atoms with Crippen LogP contribution in [-0.4, -0.2) is 53.6 Å². The molecule has 0 aromatic rings. The third-order valence-electron chi connectivity index (χ3n) is 13.9. The molecule has 7 heteroatoms. The summed E-state index contributed by atoms with van der Waals surface area (Å²) in [4.78, 5) is 27.4.